The van der Waals surface area contributed by atoms with Gasteiger partial charge < -0.3 is 15.3 Å². The second-order valence-corrected chi connectivity index (χ2v) is 6.38. The van der Waals surface area contributed by atoms with Crippen molar-refractivity contribution in [1.82, 2.24) is 4.90 Å². The molecule has 1 atom stereocenters. The smallest absolute Gasteiger partial charge is 0.353 e. The van der Waals surface area contributed by atoms with E-state index in [2.05, 4.69) is 5.32 Å². The zero-order chi connectivity index (χ0) is 15.9. The summed E-state index contributed by atoms with van der Waals surface area (Å²) in [5, 5.41) is 12.0. The van der Waals surface area contributed by atoms with Gasteiger partial charge in [-0.15, -0.1) is 0 Å². The fourth-order valence-corrected chi connectivity index (χ4v) is 3.78. The van der Waals surface area contributed by atoms with Gasteiger partial charge in [0.1, 0.15) is 5.70 Å². The number of rotatable bonds is 4. The summed E-state index contributed by atoms with van der Waals surface area (Å²) < 4.78 is 0. The molecule has 0 spiro atoms. The molecule has 6 nitrogen and oxygen atoms in total. The Hall–Kier alpha value is -2.28. The van der Waals surface area contributed by atoms with Crippen LogP contribution in [0.15, 0.2) is 39.8 Å². The summed E-state index contributed by atoms with van der Waals surface area (Å²) in [5.41, 5.74) is 0.798. The van der Waals surface area contributed by atoms with Gasteiger partial charge in [0.15, 0.2) is 0 Å². The molecule has 1 aromatic rings. The molecule has 3 rings (SSSR count). The molecule has 1 saturated heterocycles. The van der Waals surface area contributed by atoms with Crippen molar-refractivity contribution >= 4 is 35.2 Å². The number of thioether (sulfide) groups is 1. The van der Waals surface area contributed by atoms with E-state index < -0.39 is 5.97 Å². The van der Waals surface area contributed by atoms with Crippen molar-refractivity contribution in [2.24, 2.45) is 0 Å². The number of aliphatic carboxylic acids is 1. The second-order valence-electron chi connectivity index (χ2n) is 5.21. The van der Waals surface area contributed by atoms with E-state index in [4.69, 9.17) is 0 Å². The highest BCUT2D eigenvalue weighted by Gasteiger charge is 2.47. The van der Waals surface area contributed by atoms with Crippen LogP contribution in [0.4, 0.5) is 5.69 Å². The van der Waals surface area contributed by atoms with Gasteiger partial charge >= 0.3 is 5.97 Å². The molecule has 7 heteroatoms. The Balaban J connectivity index is 1.79. The van der Waals surface area contributed by atoms with Crippen molar-refractivity contribution in [3.63, 3.8) is 0 Å². The predicted octanol–water partition coefficient (Wildman–Crippen LogP) is 2.04. The number of nitrogens with zero attached hydrogens (tertiary/aromatic N) is 1. The third-order valence-electron chi connectivity index (χ3n) is 3.59. The lowest BCUT2D eigenvalue weighted by atomic mass is 10.0. The lowest BCUT2D eigenvalue weighted by Crippen LogP contribution is -2.49. The van der Waals surface area contributed by atoms with Crippen LogP contribution in [0, 0.1) is 0 Å². The first kappa shape index (κ1) is 14.6. The molecule has 0 saturated carbocycles. The minimum absolute atomic E-state index is 0.000229. The number of carbonyl (C=O) groups excluding carboxylic acids is 2. The molecule has 114 valence electrons. The molecular formula is C15H14N2O4S. The summed E-state index contributed by atoms with van der Waals surface area (Å²) in [5.74, 6) is -1.33. The number of carboxylic acid groups (broad SMARTS) is 1. The van der Waals surface area contributed by atoms with Gasteiger partial charge in [0.25, 0.3) is 0 Å². The standard InChI is InChI=1S/C15H14N2O4S/c1-8(18)16-9-2-4-11(5-3-9)22-12-6-10-7-13(19)17(10)14(12)15(20)21/h2-5,10H,6-7H2,1H3,(H,16,18)(H,20,21). The van der Waals surface area contributed by atoms with Gasteiger partial charge in [-0.2, -0.15) is 0 Å². The van der Waals surface area contributed by atoms with Crippen LogP contribution in [0.3, 0.4) is 0 Å². The van der Waals surface area contributed by atoms with Gasteiger partial charge in [0.05, 0.1) is 6.04 Å². The Labute approximate surface area is 131 Å². The monoisotopic (exact) mass is 318 g/mol. The first-order valence-corrected chi connectivity index (χ1v) is 7.61. The Morgan fingerprint density at radius 2 is 1.95 bits per heavy atom. The zero-order valence-electron chi connectivity index (χ0n) is 11.8. The van der Waals surface area contributed by atoms with Crippen molar-refractivity contribution in [3.05, 3.63) is 34.9 Å². The van der Waals surface area contributed by atoms with Gasteiger partial charge in [-0.05, 0) is 24.3 Å². The summed E-state index contributed by atoms with van der Waals surface area (Å²) in [4.78, 5) is 36.9. The Kier molecular flexibility index (Phi) is 3.66. The molecule has 2 aliphatic rings. The van der Waals surface area contributed by atoms with Crippen molar-refractivity contribution in [2.45, 2.75) is 30.7 Å². The molecular weight excluding hydrogens is 304 g/mol. The average Bonchev–Trinajstić information content (AvgIpc) is 2.73. The van der Waals surface area contributed by atoms with Gasteiger partial charge in [-0.3, -0.25) is 9.59 Å². The highest BCUT2D eigenvalue weighted by atomic mass is 32.2. The highest BCUT2D eigenvalue weighted by molar-refractivity contribution is 8.03. The zero-order valence-corrected chi connectivity index (χ0v) is 12.6. The third kappa shape index (κ3) is 2.59. The van der Waals surface area contributed by atoms with Crippen LogP contribution in [0.2, 0.25) is 0 Å². The molecule has 22 heavy (non-hydrogen) atoms. The first-order chi connectivity index (χ1) is 10.5. The summed E-state index contributed by atoms with van der Waals surface area (Å²) >= 11 is 1.36. The Morgan fingerprint density at radius 1 is 1.27 bits per heavy atom. The molecule has 0 bridgehead atoms. The van der Waals surface area contributed by atoms with Crippen LogP contribution in [0.5, 0.6) is 0 Å². The summed E-state index contributed by atoms with van der Waals surface area (Å²) in [6.07, 6.45) is 1.01. The van der Waals surface area contributed by atoms with Crippen LogP contribution in [0.1, 0.15) is 19.8 Å². The number of hydrogen-bond acceptors (Lipinski definition) is 4. The predicted molar refractivity (Wildman–Crippen MR) is 81.1 cm³/mol. The van der Waals surface area contributed by atoms with E-state index >= 15 is 0 Å². The van der Waals surface area contributed by atoms with Crippen molar-refractivity contribution in [2.75, 3.05) is 5.32 Å². The fourth-order valence-electron chi connectivity index (χ4n) is 2.66. The molecule has 1 unspecified atom stereocenters. The number of anilines is 1. The minimum atomic E-state index is -1.06. The van der Waals surface area contributed by atoms with Gasteiger partial charge in [0.2, 0.25) is 11.8 Å². The third-order valence-corrected chi connectivity index (χ3v) is 4.70. The number of carbonyl (C=O) groups is 3. The van der Waals surface area contributed by atoms with E-state index in [1.165, 1.54) is 23.6 Å². The van der Waals surface area contributed by atoms with E-state index in [9.17, 15) is 19.5 Å². The normalized spacial score (nSPS) is 19.8. The van der Waals surface area contributed by atoms with Gasteiger partial charge in [-0.1, -0.05) is 11.8 Å². The molecule has 2 amide bonds. The van der Waals surface area contributed by atoms with Crippen LogP contribution < -0.4 is 5.32 Å². The molecule has 1 aromatic carbocycles. The lowest BCUT2D eigenvalue weighted by Gasteiger charge is -2.34. The highest BCUT2D eigenvalue weighted by Crippen LogP contribution is 2.45. The van der Waals surface area contributed by atoms with E-state index in [1.54, 1.807) is 12.1 Å². The molecule has 2 N–H and O–H groups in total. The quantitative estimate of drug-likeness (QED) is 0.830. The van der Waals surface area contributed by atoms with Gasteiger partial charge in [0, 0.05) is 35.3 Å². The number of hydrogen-bond donors (Lipinski definition) is 2. The maximum absolute atomic E-state index is 11.6. The maximum atomic E-state index is 11.6. The fraction of sp³-hybridized carbons (Fsp3) is 0.267. The average molecular weight is 318 g/mol. The van der Waals surface area contributed by atoms with Crippen molar-refractivity contribution < 1.29 is 19.5 Å². The van der Waals surface area contributed by atoms with Crippen LogP contribution in [-0.2, 0) is 14.4 Å². The Bertz CT molecular complexity index is 696. The molecule has 2 aliphatic heterocycles. The minimum Gasteiger partial charge on any atom is -0.477 e. The van der Waals surface area contributed by atoms with Crippen LogP contribution in [-0.4, -0.2) is 33.8 Å². The number of benzene rings is 1. The van der Waals surface area contributed by atoms with Crippen LogP contribution in [0.25, 0.3) is 0 Å². The summed E-state index contributed by atoms with van der Waals surface area (Å²) in [6.45, 7) is 1.44. The maximum Gasteiger partial charge on any atom is 0.353 e. The lowest BCUT2D eigenvalue weighted by molar-refractivity contribution is -0.147. The molecule has 2 heterocycles. The topological polar surface area (TPSA) is 86.7 Å². The van der Waals surface area contributed by atoms with E-state index in [0.717, 1.165) is 4.90 Å². The number of nitrogens with one attached hydrogen (secondary N) is 1. The van der Waals surface area contributed by atoms with E-state index in [1.807, 2.05) is 12.1 Å². The number of amides is 2. The van der Waals surface area contributed by atoms with E-state index in [0.29, 0.717) is 23.4 Å². The number of fused-ring (bicyclic) bond motifs is 1. The van der Waals surface area contributed by atoms with Crippen LogP contribution >= 0.6 is 11.8 Å². The van der Waals surface area contributed by atoms with E-state index in [-0.39, 0.29) is 23.6 Å². The number of β-lactam (4-membered cyclic amide) rings is 1. The molecule has 0 aliphatic carbocycles. The molecule has 1 fully saturated rings. The van der Waals surface area contributed by atoms with Crippen molar-refractivity contribution in [1.29, 1.82) is 0 Å². The SMILES string of the molecule is CC(=O)Nc1ccc(SC2=C(C(=O)O)N3C(=O)CC3C2)cc1. The largest absolute Gasteiger partial charge is 0.477 e. The second kappa shape index (κ2) is 5.49. The molecule has 0 radical (unpaired) electrons. The van der Waals surface area contributed by atoms with Gasteiger partial charge in [-0.25, -0.2) is 4.79 Å². The summed E-state index contributed by atoms with van der Waals surface area (Å²) in [7, 11) is 0. The Morgan fingerprint density at radius 3 is 2.50 bits per heavy atom. The molecule has 0 aromatic heterocycles. The first-order valence-electron chi connectivity index (χ1n) is 6.79. The summed E-state index contributed by atoms with van der Waals surface area (Å²) in [6, 6.07) is 7.17. The van der Waals surface area contributed by atoms with Crippen molar-refractivity contribution in [3.8, 4) is 0 Å². The number of carboxylic acids is 1.